The first-order valence-corrected chi connectivity index (χ1v) is 7.43. The van der Waals surface area contributed by atoms with Crippen LogP contribution in [0.25, 0.3) is 0 Å². The Kier molecular flexibility index (Phi) is 6.23. The monoisotopic (exact) mass is 292 g/mol. The number of esters is 1. The molecule has 0 spiro atoms. The molecule has 0 saturated carbocycles. The van der Waals surface area contributed by atoms with Gasteiger partial charge in [0, 0.05) is 6.42 Å². The smallest absolute Gasteiger partial charge is 0.427 e. The van der Waals surface area contributed by atoms with E-state index in [0.29, 0.717) is 23.7 Å². The number of rotatable bonds is 9. The fourth-order valence-electron chi connectivity index (χ4n) is 2.15. The van der Waals surface area contributed by atoms with Crippen molar-refractivity contribution in [1.82, 2.24) is 0 Å². The zero-order chi connectivity index (χ0) is 15.1. The standard InChI is InChI=1S/C15H21BO5/c17-15(9-4-2-1-3-7-14-11-20-14)21-13-8-5-6-12(10-13)16(18)19/h5-6,8,10,14,18-19H,1-4,7,9,11H2. The number of unbranched alkanes of at least 4 members (excludes halogenated alkanes) is 3. The summed E-state index contributed by atoms with van der Waals surface area (Å²) >= 11 is 0. The van der Waals surface area contributed by atoms with Crippen LogP contribution < -0.4 is 10.2 Å². The summed E-state index contributed by atoms with van der Waals surface area (Å²) in [6, 6.07) is 6.26. The third-order valence-electron chi connectivity index (χ3n) is 3.45. The highest BCUT2D eigenvalue weighted by molar-refractivity contribution is 6.58. The fraction of sp³-hybridized carbons (Fsp3) is 0.533. The number of benzene rings is 1. The van der Waals surface area contributed by atoms with E-state index >= 15 is 0 Å². The van der Waals surface area contributed by atoms with Crippen LogP contribution in [0.3, 0.4) is 0 Å². The van der Waals surface area contributed by atoms with Gasteiger partial charge in [-0.05, 0) is 30.4 Å². The summed E-state index contributed by atoms with van der Waals surface area (Å²) in [4.78, 5) is 11.7. The Labute approximate surface area is 125 Å². The Morgan fingerprint density at radius 3 is 2.76 bits per heavy atom. The van der Waals surface area contributed by atoms with Crippen molar-refractivity contribution in [2.75, 3.05) is 6.61 Å². The highest BCUT2D eigenvalue weighted by Crippen LogP contribution is 2.18. The number of carbonyl (C=O) groups excluding carboxylic acids is 1. The molecule has 0 bridgehead atoms. The van der Waals surface area contributed by atoms with E-state index < -0.39 is 7.12 Å². The van der Waals surface area contributed by atoms with Gasteiger partial charge in [-0.3, -0.25) is 4.79 Å². The maximum atomic E-state index is 11.7. The molecule has 2 N–H and O–H groups in total. The van der Waals surface area contributed by atoms with Crippen molar-refractivity contribution < 1.29 is 24.3 Å². The second-order valence-corrected chi connectivity index (χ2v) is 5.33. The number of hydrogen-bond donors (Lipinski definition) is 2. The lowest BCUT2D eigenvalue weighted by Gasteiger charge is -2.06. The second-order valence-electron chi connectivity index (χ2n) is 5.33. The maximum absolute atomic E-state index is 11.7. The largest absolute Gasteiger partial charge is 0.488 e. The van der Waals surface area contributed by atoms with E-state index in [1.807, 2.05) is 0 Å². The Bertz CT molecular complexity index is 459. The maximum Gasteiger partial charge on any atom is 0.488 e. The molecule has 0 amide bonds. The highest BCUT2D eigenvalue weighted by atomic mass is 16.6. The van der Waals surface area contributed by atoms with Gasteiger partial charge in [-0.1, -0.05) is 31.4 Å². The summed E-state index contributed by atoms with van der Waals surface area (Å²) in [5.41, 5.74) is 0.308. The molecule has 1 saturated heterocycles. The molecule has 1 aromatic rings. The molecule has 1 atom stereocenters. The Morgan fingerprint density at radius 1 is 1.29 bits per heavy atom. The first kappa shape index (κ1) is 16.0. The molecule has 6 heteroatoms. The lowest BCUT2D eigenvalue weighted by molar-refractivity contribution is -0.134. The van der Waals surface area contributed by atoms with E-state index in [4.69, 9.17) is 19.5 Å². The van der Waals surface area contributed by atoms with Crippen molar-refractivity contribution in [1.29, 1.82) is 0 Å². The second kappa shape index (κ2) is 8.17. The van der Waals surface area contributed by atoms with Gasteiger partial charge in [0.15, 0.2) is 0 Å². The van der Waals surface area contributed by atoms with Crippen LogP contribution in [-0.4, -0.2) is 35.8 Å². The van der Waals surface area contributed by atoms with E-state index in [1.54, 1.807) is 18.2 Å². The van der Waals surface area contributed by atoms with Gasteiger partial charge in [0.2, 0.25) is 0 Å². The average Bonchev–Trinajstić information content (AvgIpc) is 3.27. The van der Waals surface area contributed by atoms with Crippen molar-refractivity contribution in [2.24, 2.45) is 0 Å². The van der Waals surface area contributed by atoms with E-state index in [9.17, 15) is 4.79 Å². The van der Waals surface area contributed by atoms with Crippen LogP contribution in [0.4, 0.5) is 0 Å². The van der Waals surface area contributed by atoms with Gasteiger partial charge in [0.1, 0.15) is 5.75 Å². The highest BCUT2D eigenvalue weighted by Gasteiger charge is 2.20. The van der Waals surface area contributed by atoms with Crippen LogP contribution in [0.15, 0.2) is 24.3 Å². The van der Waals surface area contributed by atoms with Gasteiger partial charge in [0.25, 0.3) is 0 Å². The van der Waals surface area contributed by atoms with Gasteiger partial charge < -0.3 is 19.5 Å². The Hall–Kier alpha value is -1.37. The first-order valence-electron chi connectivity index (χ1n) is 7.43. The summed E-state index contributed by atoms with van der Waals surface area (Å²) in [7, 11) is -1.56. The minimum atomic E-state index is -1.56. The average molecular weight is 292 g/mol. The molecule has 21 heavy (non-hydrogen) atoms. The van der Waals surface area contributed by atoms with Gasteiger partial charge >= 0.3 is 13.1 Å². The summed E-state index contributed by atoms with van der Waals surface area (Å²) < 4.78 is 10.3. The molecule has 1 heterocycles. The Morgan fingerprint density at radius 2 is 2.05 bits per heavy atom. The molecule has 114 valence electrons. The molecule has 1 aliphatic heterocycles. The van der Waals surface area contributed by atoms with Gasteiger partial charge in [-0.2, -0.15) is 0 Å². The van der Waals surface area contributed by atoms with Crippen LogP contribution in [0.1, 0.15) is 38.5 Å². The SMILES string of the molecule is O=C(CCCCCCC1CO1)Oc1cccc(B(O)O)c1. The molecule has 0 aromatic heterocycles. The topological polar surface area (TPSA) is 79.3 Å². The molecular formula is C15H21BO5. The van der Waals surface area contributed by atoms with Crippen LogP contribution >= 0.6 is 0 Å². The lowest BCUT2D eigenvalue weighted by Crippen LogP contribution is -2.29. The minimum absolute atomic E-state index is 0.287. The van der Waals surface area contributed by atoms with E-state index in [-0.39, 0.29) is 5.97 Å². The van der Waals surface area contributed by atoms with Crippen molar-refractivity contribution in [3.8, 4) is 5.75 Å². The van der Waals surface area contributed by atoms with Crippen LogP contribution in [-0.2, 0) is 9.53 Å². The third-order valence-corrected chi connectivity index (χ3v) is 3.45. The minimum Gasteiger partial charge on any atom is -0.427 e. The predicted octanol–water partition coefficient (Wildman–Crippen LogP) is 1.01. The van der Waals surface area contributed by atoms with Crippen molar-refractivity contribution in [3.63, 3.8) is 0 Å². The lowest BCUT2D eigenvalue weighted by atomic mass is 9.80. The fourth-order valence-corrected chi connectivity index (χ4v) is 2.15. The van der Waals surface area contributed by atoms with E-state index in [0.717, 1.165) is 38.7 Å². The number of ether oxygens (including phenoxy) is 2. The quantitative estimate of drug-likeness (QED) is 0.233. The van der Waals surface area contributed by atoms with Crippen molar-refractivity contribution in [3.05, 3.63) is 24.3 Å². The number of hydrogen-bond acceptors (Lipinski definition) is 5. The molecular weight excluding hydrogens is 271 g/mol. The zero-order valence-corrected chi connectivity index (χ0v) is 12.0. The molecule has 1 aromatic carbocycles. The molecule has 5 nitrogen and oxygen atoms in total. The number of epoxide rings is 1. The van der Waals surface area contributed by atoms with Crippen molar-refractivity contribution in [2.45, 2.75) is 44.6 Å². The predicted molar refractivity (Wildman–Crippen MR) is 79.3 cm³/mol. The number of carbonyl (C=O) groups is 1. The normalized spacial score (nSPS) is 16.6. The third kappa shape index (κ3) is 6.29. The van der Waals surface area contributed by atoms with Crippen molar-refractivity contribution >= 4 is 18.6 Å². The van der Waals surface area contributed by atoms with Crippen LogP contribution in [0.5, 0.6) is 5.75 Å². The van der Waals surface area contributed by atoms with E-state index in [1.165, 1.54) is 6.07 Å². The van der Waals surface area contributed by atoms with E-state index in [2.05, 4.69) is 0 Å². The van der Waals surface area contributed by atoms with Gasteiger partial charge in [-0.25, -0.2) is 0 Å². The van der Waals surface area contributed by atoms with Gasteiger partial charge in [-0.15, -0.1) is 0 Å². The molecule has 2 rings (SSSR count). The summed E-state index contributed by atoms with van der Waals surface area (Å²) in [6.07, 6.45) is 6.08. The molecule has 1 aliphatic rings. The molecule has 0 aliphatic carbocycles. The molecule has 1 fully saturated rings. The summed E-state index contributed by atoms with van der Waals surface area (Å²) in [5, 5.41) is 18.1. The van der Waals surface area contributed by atoms with Gasteiger partial charge in [0.05, 0.1) is 12.7 Å². The Balaban J connectivity index is 1.60. The molecule has 0 radical (unpaired) electrons. The van der Waals surface area contributed by atoms with Crippen LogP contribution in [0.2, 0.25) is 0 Å². The summed E-state index contributed by atoms with van der Waals surface area (Å²) in [6.45, 7) is 0.911. The molecule has 1 unspecified atom stereocenters. The van der Waals surface area contributed by atoms with Crippen LogP contribution in [0, 0.1) is 0 Å². The first-order chi connectivity index (χ1) is 10.1. The zero-order valence-electron chi connectivity index (χ0n) is 12.0. The summed E-state index contributed by atoms with van der Waals surface area (Å²) in [5.74, 6) is 0.0570.